The van der Waals surface area contributed by atoms with Crippen LogP contribution in [0.2, 0.25) is 0 Å². The summed E-state index contributed by atoms with van der Waals surface area (Å²) in [6.45, 7) is 20.3. The summed E-state index contributed by atoms with van der Waals surface area (Å²) in [6.07, 6.45) is 0. The SMILES string of the molecule is CC(C)(C)c1cc(Oc2cc(-c3ccccc3)cc(-c3cccc4c3oc3c(-c5ccccc5C(C)(C)C)cc(-c5ccccc5C(C)(C)C)cc34)n2)nc(-c2ccccc2)c1. The summed E-state index contributed by atoms with van der Waals surface area (Å²) in [4.78, 5) is 10.3. The molecule has 0 aliphatic heterocycles. The summed E-state index contributed by atoms with van der Waals surface area (Å²) in [6, 6.07) is 57.6. The molecule has 4 heteroatoms. The normalized spacial score (nSPS) is 12.3. The Balaban J connectivity index is 1.27. The fraction of sp³-hybridized carbons (Fsp3) is 0.207. The molecule has 3 aromatic heterocycles. The number of para-hydroxylation sites is 1. The van der Waals surface area contributed by atoms with Crippen LogP contribution < -0.4 is 4.74 Å². The summed E-state index contributed by atoms with van der Waals surface area (Å²) >= 11 is 0. The predicted octanol–water partition coefficient (Wildman–Crippen LogP) is 16.4. The number of furan rings is 1. The molecule has 0 fully saturated rings. The zero-order valence-corrected chi connectivity index (χ0v) is 37.3. The van der Waals surface area contributed by atoms with Gasteiger partial charge >= 0.3 is 0 Å². The van der Waals surface area contributed by atoms with E-state index < -0.39 is 0 Å². The van der Waals surface area contributed by atoms with Crippen LogP contribution >= 0.6 is 0 Å². The summed E-state index contributed by atoms with van der Waals surface area (Å²) < 4.78 is 14.0. The molecule has 9 aromatic rings. The smallest absolute Gasteiger partial charge is 0.222 e. The minimum absolute atomic E-state index is 0.0530. The zero-order chi connectivity index (χ0) is 43.4. The van der Waals surface area contributed by atoms with E-state index in [9.17, 15) is 0 Å². The molecule has 0 amide bonds. The lowest BCUT2D eigenvalue weighted by molar-refractivity contribution is 0.443. The molecule has 3 heterocycles. The molecule has 308 valence electrons. The molecular formula is C58H54N2O2. The average Bonchev–Trinajstić information content (AvgIpc) is 3.64. The second kappa shape index (κ2) is 15.6. The minimum atomic E-state index is -0.132. The first-order valence-corrected chi connectivity index (χ1v) is 21.6. The van der Waals surface area contributed by atoms with E-state index in [1.165, 1.54) is 22.3 Å². The molecule has 0 atom stereocenters. The largest absolute Gasteiger partial charge is 0.455 e. The molecule has 0 radical (unpaired) electrons. The van der Waals surface area contributed by atoms with Gasteiger partial charge in [0.2, 0.25) is 11.8 Å². The highest BCUT2D eigenvalue weighted by atomic mass is 16.5. The number of fused-ring (bicyclic) bond motifs is 3. The van der Waals surface area contributed by atoms with Crippen molar-refractivity contribution in [1.82, 2.24) is 9.97 Å². The lowest BCUT2D eigenvalue weighted by atomic mass is 9.79. The lowest BCUT2D eigenvalue weighted by Gasteiger charge is -2.25. The molecule has 0 aliphatic carbocycles. The van der Waals surface area contributed by atoms with E-state index in [1.807, 2.05) is 36.4 Å². The number of hydrogen-bond acceptors (Lipinski definition) is 4. The van der Waals surface area contributed by atoms with Crippen LogP contribution in [0.1, 0.15) is 79.0 Å². The first-order valence-electron chi connectivity index (χ1n) is 21.6. The van der Waals surface area contributed by atoms with Gasteiger partial charge in [-0.3, -0.25) is 0 Å². The van der Waals surface area contributed by atoms with Crippen molar-refractivity contribution in [3.8, 4) is 67.7 Å². The monoisotopic (exact) mass is 810 g/mol. The molecule has 62 heavy (non-hydrogen) atoms. The van der Waals surface area contributed by atoms with Gasteiger partial charge in [0.15, 0.2) is 0 Å². The fourth-order valence-corrected chi connectivity index (χ4v) is 8.57. The summed E-state index contributed by atoms with van der Waals surface area (Å²) in [5, 5.41) is 2.10. The van der Waals surface area contributed by atoms with Gasteiger partial charge in [-0.25, -0.2) is 9.97 Å². The van der Waals surface area contributed by atoms with Crippen LogP contribution in [0.3, 0.4) is 0 Å². The van der Waals surface area contributed by atoms with Crippen molar-refractivity contribution in [2.75, 3.05) is 0 Å². The van der Waals surface area contributed by atoms with E-state index in [0.29, 0.717) is 11.8 Å². The maximum Gasteiger partial charge on any atom is 0.222 e. The second-order valence-electron chi connectivity index (χ2n) is 19.5. The van der Waals surface area contributed by atoms with Gasteiger partial charge in [-0.2, -0.15) is 0 Å². The molecule has 0 aliphatic rings. The van der Waals surface area contributed by atoms with Crippen LogP contribution in [0.4, 0.5) is 0 Å². The van der Waals surface area contributed by atoms with Crippen LogP contribution in [0.25, 0.3) is 77.8 Å². The van der Waals surface area contributed by atoms with Crippen LogP contribution in [-0.2, 0) is 16.2 Å². The second-order valence-corrected chi connectivity index (χ2v) is 19.5. The van der Waals surface area contributed by atoms with Crippen LogP contribution in [-0.4, -0.2) is 9.97 Å². The topological polar surface area (TPSA) is 48.2 Å². The van der Waals surface area contributed by atoms with Crippen molar-refractivity contribution < 1.29 is 9.15 Å². The zero-order valence-electron chi connectivity index (χ0n) is 37.3. The number of benzene rings is 6. The third kappa shape index (κ3) is 7.94. The Bertz CT molecular complexity index is 3080. The maximum absolute atomic E-state index is 7.21. The molecule has 0 saturated carbocycles. The van der Waals surface area contributed by atoms with Crippen LogP contribution in [0.15, 0.2) is 168 Å². The van der Waals surface area contributed by atoms with Gasteiger partial charge in [0.05, 0.1) is 11.4 Å². The van der Waals surface area contributed by atoms with Gasteiger partial charge in [0.1, 0.15) is 11.2 Å². The lowest BCUT2D eigenvalue weighted by Crippen LogP contribution is -2.13. The molecule has 0 spiro atoms. The van der Waals surface area contributed by atoms with E-state index in [1.54, 1.807) is 0 Å². The van der Waals surface area contributed by atoms with Crippen molar-refractivity contribution in [3.63, 3.8) is 0 Å². The van der Waals surface area contributed by atoms with Crippen molar-refractivity contribution in [3.05, 3.63) is 180 Å². The van der Waals surface area contributed by atoms with E-state index in [-0.39, 0.29) is 16.2 Å². The fourth-order valence-electron chi connectivity index (χ4n) is 8.57. The van der Waals surface area contributed by atoms with E-state index in [0.717, 1.165) is 72.3 Å². The van der Waals surface area contributed by atoms with Crippen molar-refractivity contribution in [1.29, 1.82) is 0 Å². The molecular weight excluding hydrogens is 757 g/mol. The molecule has 6 aromatic carbocycles. The first kappa shape index (κ1) is 40.6. The Morgan fingerprint density at radius 2 is 0.919 bits per heavy atom. The van der Waals surface area contributed by atoms with Gasteiger partial charge in [-0.1, -0.05) is 184 Å². The van der Waals surface area contributed by atoms with E-state index in [2.05, 4.69) is 190 Å². The molecule has 0 bridgehead atoms. The van der Waals surface area contributed by atoms with Gasteiger partial charge in [0, 0.05) is 39.6 Å². The summed E-state index contributed by atoms with van der Waals surface area (Å²) in [5.74, 6) is 0.944. The van der Waals surface area contributed by atoms with Crippen molar-refractivity contribution >= 4 is 21.9 Å². The number of aromatic nitrogens is 2. The van der Waals surface area contributed by atoms with Gasteiger partial charge in [0.25, 0.3) is 0 Å². The van der Waals surface area contributed by atoms with Gasteiger partial charge < -0.3 is 9.15 Å². The molecule has 0 unspecified atom stereocenters. The third-order valence-electron chi connectivity index (χ3n) is 11.8. The quantitative estimate of drug-likeness (QED) is 0.161. The van der Waals surface area contributed by atoms with Crippen LogP contribution in [0, 0.1) is 0 Å². The highest BCUT2D eigenvalue weighted by Gasteiger charge is 2.26. The summed E-state index contributed by atoms with van der Waals surface area (Å²) in [7, 11) is 0. The Hall–Kier alpha value is -6.78. The van der Waals surface area contributed by atoms with Gasteiger partial charge in [-0.05, 0) is 91.1 Å². The Morgan fingerprint density at radius 1 is 0.371 bits per heavy atom. The predicted molar refractivity (Wildman–Crippen MR) is 259 cm³/mol. The Morgan fingerprint density at radius 3 is 1.58 bits per heavy atom. The number of hydrogen-bond donors (Lipinski definition) is 0. The average molecular weight is 811 g/mol. The summed E-state index contributed by atoms with van der Waals surface area (Å²) in [5.41, 5.74) is 15.2. The van der Waals surface area contributed by atoms with Gasteiger partial charge in [-0.15, -0.1) is 0 Å². The number of ether oxygens (including phenoxy) is 1. The van der Waals surface area contributed by atoms with Crippen LogP contribution in [0.5, 0.6) is 11.8 Å². The third-order valence-corrected chi connectivity index (χ3v) is 11.8. The minimum Gasteiger partial charge on any atom is -0.455 e. The molecule has 9 rings (SSSR count). The molecule has 4 nitrogen and oxygen atoms in total. The molecule has 0 N–H and O–H groups in total. The number of nitrogens with zero attached hydrogens (tertiary/aromatic N) is 2. The Kier molecular flexibility index (Phi) is 10.2. The standard InChI is InChI=1S/C58H54N2O2/c1-56(2,3)41-35-50(38-23-14-11-15-24-38)59-53(36-41)61-52-34-39(37-21-12-10-13-22-37)33-51(60-52)45-28-20-27-44-47-32-40(42-25-16-18-29-48(42)57(4,5)6)31-46(55(47)62-54(44)45)43-26-17-19-30-49(43)58(7,8)9/h10-36H,1-9H3. The molecule has 0 saturated heterocycles. The van der Waals surface area contributed by atoms with Crippen molar-refractivity contribution in [2.24, 2.45) is 0 Å². The highest BCUT2D eigenvalue weighted by Crippen LogP contribution is 2.46. The Labute approximate surface area is 366 Å². The number of rotatable bonds is 7. The number of pyridine rings is 2. The van der Waals surface area contributed by atoms with E-state index in [4.69, 9.17) is 19.1 Å². The highest BCUT2D eigenvalue weighted by molar-refractivity contribution is 6.14. The first-order chi connectivity index (χ1) is 29.6. The maximum atomic E-state index is 7.21. The van der Waals surface area contributed by atoms with E-state index >= 15 is 0 Å². The van der Waals surface area contributed by atoms with Crippen molar-refractivity contribution in [2.45, 2.75) is 78.6 Å².